The molecule has 0 bridgehead atoms. The number of methoxy groups -OCH3 is 2. The van der Waals surface area contributed by atoms with Gasteiger partial charge >= 0.3 is 5.97 Å². The summed E-state index contributed by atoms with van der Waals surface area (Å²) in [4.78, 5) is 28.1. The van der Waals surface area contributed by atoms with E-state index in [9.17, 15) is 9.59 Å². The van der Waals surface area contributed by atoms with Crippen LogP contribution in [0.15, 0.2) is 67.0 Å². The van der Waals surface area contributed by atoms with Crippen LogP contribution in [0.1, 0.15) is 31.8 Å². The third-order valence-electron chi connectivity index (χ3n) is 4.37. The monoisotopic (exact) mass is 406 g/mol. The molecule has 154 valence electrons. The highest BCUT2D eigenvalue weighted by molar-refractivity contribution is 5.97. The van der Waals surface area contributed by atoms with Gasteiger partial charge in [-0.2, -0.15) is 0 Å². The van der Waals surface area contributed by atoms with Crippen molar-refractivity contribution in [2.24, 2.45) is 0 Å². The van der Waals surface area contributed by atoms with Crippen molar-refractivity contribution in [1.29, 1.82) is 0 Å². The van der Waals surface area contributed by atoms with Crippen molar-refractivity contribution in [3.05, 3.63) is 89.2 Å². The zero-order valence-electron chi connectivity index (χ0n) is 16.8. The Morgan fingerprint density at radius 1 is 0.900 bits per heavy atom. The van der Waals surface area contributed by atoms with Crippen LogP contribution in [0.2, 0.25) is 0 Å². The van der Waals surface area contributed by atoms with Gasteiger partial charge in [-0.1, -0.05) is 12.1 Å². The molecule has 0 spiro atoms. The zero-order chi connectivity index (χ0) is 21.3. The van der Waals surface area contributed by atoms with Gasteiger partial charge in [-0.3, -0.25) is 9.78 Å². The number of rotatable bonds is 8. The first kappa shape index (κ1) is 20.9. The Labute approximate surface area is 174 Å². The minimum atomic E-state index is -0.489. The molecule has 0 saturated heterocycles. The molecule has 0 radical (unpaired) electrons. The molecule has 7 heteroatoms. The summed E-state index contributed by atoms with van der Waals surface area (Å²) in [5.41, 5.74) is 2.54. The van der Waals surface area contributed by atoms with E-state index in [1.165, 1.54) is 13.2 Å². The lowest BCUT2D eigenvalue weighted by Crippen LogP contribution is -2.23. The van der Waals surface area contributed by atoms with Crippen molar-refractivity contribution in [3.8, 4) is 11.5 Å². The molecule has 0 atom stereocenters. The molecule has 1 amide bonds. The predicted octanol–water partition coefficient (Wildman–Crippen LogP) is 3.39. The number of benzene rings is 2. The summed E-state index contributed by atoms with van der Waals surface area (Å²) in [6, 6.07) is 15.6. The molecule has 7 nitrogen and oxygen atoms in total. The maximum absolute atomic E-state index is 12.4. The lowest BCUT2D eigenvalue weighted by atomic mass is 10.1. The number of hydrogen-bond acceptors (Lipinski definition) is 6. The number of ether oxygens (including phenoxy) is 3. The summed E-state index contributed by atoms with van der Waals surface area (Å²) in [7, 11) is 2.86. The fourth-order valence-electron chi connectivity index (χ4n) is 2.77. The number of aromatic nitrogens is 1. The molecule has 0 aliphatic heterocycles. The van der Waals surface area contributed by atoms with Crippen LogP contribution in [-0.4, -0.2) is 31.1 Å². The van der Waals surface area contributed by atoms with Crippen molar-refractivity contribution in [1.82, 2.24) is 10.3 Å². The van der Waals surface area contributed by atoms with E-state index >= 15 is 0 Å². The van der Waals surface area contributed by atoms with Crippen molar-refractivity contribution in [3.63, 3.8) is 0 Å². The van der Waals surface area contributed by atoms with E-state index in [0.717, 1.165) is 11.1 Å². The number of nitrogens with zero attached hydrogens (tertiary/aromatic N) is 1. The highest BCUT2D eigenvalue weighted by Crippen LogP contribution is 2.28. The SMILES string of the molecule is COC(=O)c1cccc(C(=O)NCc2ccc(OCc3ccncc3)c(OC)c2)c1. The molecule has 1 heterocycles. The molecule has 1 aromatic heterocycles. The van der Waals surface area contributed by atoms with Gasteiger partial charge in [0.2, 0.25) is 0 Å². The van der Waals surface area contributed by atoms with E-state index in [1.807, 2.05) is 24.3 Å². The first-order valence-electron chi connectivity index (χ1n) is 9.26. The van der Waals surface area contributed by atoms with Crippen LogP contribution in [-0.2, 0) is 17.9 Å². The molecule has 0 unspecified atom stereocenters. The Kier molecular flexibility index (Phi) is 7.00. The standard InChI is InChI=1S/C23H22N2O5/c1-28-21-12-17(6-7-20(21)30-15-16-8-10-24-11-9-16)14-25-22(26)18-4-3-5-19(13-18)23(27)29-2/h3-13H,14-15H2,1-2H3,(H,25,26). The second-order valence-electron chi connectivity index (χ2n) is 6.38. The topological polar surface area (TPSA) is 86.8 Å². The molecule has 1 N–H and O–H groups in total. The number of amides is 1. The van der Waals surface area contributed by atoms with Gasteiger partial charge in [0.1, 0.15) is 6.61 Å². The Hall–Kier alpha value is -3.87. The Bertz CT molecular complexity index is 1020. The summed E-state index contributed by atoms with van der Waals surface area (Å²) in [5.74, 6) is 0.396. The summed E-state index contributed by atoms with van der Waals surface area (Å²) < 4.78 is 15.9. The molecule has 0 aliphatic carbocycles. The van der Waals surface area contributed by atoms with Crippen molar-refractivity contribution in [2.45, 2.75) is 13.2 Å². The van der Waals surface area contributed by atoms with Crippen LogP contribution >= 0.6 is 0 Å². The summed E-state index contributed by atoms with van der Waals surface area (Å²) >= 11 is 0. The van der Waals surface area contributed by atoms with E-state index in [2.05, 4.69) is 15.0 Å². The van der Waals surface area contributed by atoms with Crippen molar-refractivity contribution >= 4 is 11.9 Å². The number of hydrogen-bond donors (Lipinski definition) is 1. The maximum Gasteiger partial charge on any atom is 0.337 e. The van der Waals surface area contributed by atoms with Crippen LogP contribution in [0.5, 0.6) is 11.5 Å². The smallest absolute Gasteiger partial charge is 0.337 e. The normalized spacial score (nSPS) is 10.2. The van der Waals surface area contributed by atoms with Crippen LogP contribution in [0.3, 0.4) is 0 Å². The largest absolute Gasteiger partial charge is 0.493 e. The summed E-state index contributed by atoms with van der Waals surface area (Å²) in [5, 5.41) is 2.83. The van der Waals surface area contributed by atoms with Crippen molar-refractivity contribution in [2.75, 3.05) is 14.2 Å². The lowest BCUT2D eigenvalue weighted by Gasteiger charge is -2.13. The minimum absolute atomic E-state index is 0.294. The average molecular weight is 406 g/mol. The van der Waals surface area contributed by atoms with Gasteiger partial charge in [-0.15, -0.1) is 0 Å². The summed E-state index contributed by atoms with van der Waals surface area (Å²) in [6.07, 6.45) is 3.42. The van der Waals surface area contributed by atoms with E-state index in [0.29, 0.717) is 35.8 Å². The van der Waals surface area contributed by atoms with Crippen LogP contribution < -0.4 is 14.8 Å². The zero-order valence-corrected chi connectivity index (χ0v) is 16.8. The Morgan fingerprint density at radius 2 is 1.67 bits per heavy atom. The third kappa shape index (κ3) is 5.35. The lowest BCUT2D eigenvalue weighted by molar-refractivity contribution is 0.0600. The van der Waals surface area contributed by atoms with Gasteiger partial charge in [0, 0.05) is 24.5 Å². The maximum atomic E-state index is 12.4. The first-order chi connectivity index (χ1) is 14.6. The molecular weight excluding hydrogens is 384 g/mol. The number of nitrogens with one attached hydrogen (secondary N) is 1. The van der Waals surface area contributed by atoms with E-state index in [1.54, 1.807) is 43.8 Å². The number of esters is 1. The molecule has 2 aromatic carbocycles. The number of pyridine rings is 1. The highest BCUT2D eigenvalue weighted by atomic mass is 16.5. The summed E-state index contributed by atoms with van der Waals surface area (Å²) in [6.45, 7) is 0.688. The van der Waals surface area contributed by atoms with Crippen LogP contribution in [0, 0.1) is 0 Å². The number of carbonyl (C=O) groups excluding carboxylic acids is 2. The first-order valence-corrected chi connectivity index (χ1v) is 9.26. The third-order valence-corrected chi connectivity index (χ3v) is 4.37. The molecule has 3 rings (SSSR count). The van der Waals surface area contributed by atoms with Gasteiger partial charge < -0.3 is 19.5 Å². The van der Waals surface area contributed by atoms with Crippen LogP contribution in [0.4, 0.5) is 0 Å². The molecular formula is C23H22N2O5. The fourth-order valence-corrected chi connectivity index (χ4v) is 2.77. The molecule has 0 aliphatic rings. The van der Waals surface area contributed by atoms with Crippen molar-refractivity contribution < 1.29 is 23.8 Å². The van der Waals surface area contributed by atoms with Gasteiger partial charge in [0.15, 0.2) is 11.5 Å². The van der Waals surface area contributed by atoms with Crippen LogP contribution in [0.25, 0.3) is 0 Å². The highest BCUT2D eigenvalue weighted by Gasteiger charge is 2.11. The minimum Gasteiger partial charge on any atom is -0.493 e. The molecule has 0 saturated carbocycles. The predicted molar refractivity (Wildman–Crippen MR) is 111 cm³/mol. The quantitative estimate of drug-likeness (QED) is 0.577. The average Bonchev–Trinajstić information content (AvgIpc) is 2.81. The van der Waals surface area contributed by atoms with E-state index in [4.69, 9.17) is 9.47 Å². The Morgan fingerprint density at radius 3 is 2.40 bits per heavy atom. The second-order valence-corrected chi connectivity index (χ2v) is 6.38. The van der Waals surface area contributed by atoms with Gasteiger partial charge in [-0.25, -0.2) is 4.79 Å². The Balaban J connectivity index is 1.63. The molecule has 0 fully saturated rings. The number of carbonyl (C=O) groups is 2. The second kappa shape index (κ2) is 10.1. The molecule has 3 aromatic rings. The fraction of sp³-hybridized carbons (Fsp3) is 0.174. The molecule has 30 heavy (non-hydrogen) atoms. The van der Waals surface area contributed by atoms with Gasteiger partial charge in [-0.05, 0) is 53.6 Å². The van der Waals surface area contributed by atoms with E-state index < -0.39 is 5.97 Å². The van der Waals surface area contributed by atoms with E-state index in [-0.39, 0.29) is 5.91 Å². The van der Waals surface area contributed by atoms with Gasteiger partial charge in [0.05, 0.1) is 19.8 Å². The van der Waals surface area contributed by atoms with Gasteiger partial charge in [0.25, 0.3) is 5.91 Å².